The lowest BCUT2D eigenvalue weighted by molar-refractivity contribution is 0.630. The quantitative estimate of drug-likeness (QED) is 0.455. The Kier molecular flexibility index (Phi) is 3.81. The number of fused-ring (bicyclic) bond motifs is 3. The summed E-state index contributed by atoms with van der Waals surface area (Å²) >= 11 is 0. The van der Waals surface area contributed by atoms with Crippen molar-refractivity contribution < 1.29 is 4.39 Å². The van der Waals surface area contributed by atoms with E-state index in [1.54, 1.807) is 18.5 Å². The molecule has 0 fully saturated rings. The highest BCUT2D eigenvalue weighted by molar-refractivity contribution is 5.79. The van der Waals surface area contributed by atoms with Gasteiger partial charge in [0, 0.05) is 53.9 Å². The Morgan fingerprint density at radius 1 is 1.00 bits per heavy atom. The van der Waals surface area contributed by atoms with Crippen molar-refractivity contribution in [2.45, 2.75) is 12.8 Å². The second-order valence-electron chi connectivity index (χ2n) is 7.78. The molecule has 4 heterocycles. The summed E-state index contributed by atoms with van der Waals surface area (Å²) in [7, 11) is 0. The second kappa shape index (κ2) is 6.66. The molecule has 0 radical (unpaired) electrons. The maximum Gasteiger partial charge on any atom is 0.173 e. The summed E-state index contributed by atoms with van der Waals surface area (Å²) in [5.41, 5.74) is 7.77. The summed E-state index contributed by atoms with van der Waals surface area (Å²) in [6.45, 7) is 0.957. The third-order valence-electron chi connectivity index (χ3n) is 5.84. The normalized spacial score (nSPS) is 13.0. The van der Waals surface area contributed by atoms with Gasteiger partial charge in [-0.15, -0.1) is 0 Å². The van der Waals surface area contributed by atoms with Crippen LogP contribution in [0.4, 0.5) is 10.1 Å². The molecule has 0 amide bonds. The average molecular weight is 394 g/mol. The van der Waals surface area contributed by atoms with Crippen LogP contribution >= 0.6 is 0 Å². The molecular weight excluding hydrogens is 375 g/mol. The van der Waals surface area contributed by atoms with E-state index in [1.165, 1.54) is 11.3 Å². The number of anilines is 1. The average Bonchev–Trinajstić information content (AvgIpc) is 3.40. The summed E-state index contributed by atoms with van der Waals surface area (Å²) < 4.78 is 16.7. The van der Waals surface area contributed by atoms with Gasteiger partial charge in [-0.1, -0.05) is 18.2 Å². The minimum atomic E-state index is -0.305. The standard InChI is InChI=1S/C25H19FN4/c26-22-13-20(17-4-6-24-19(12-17)7-9-28-24)15-30-21(14-29-25(22)30)11-16-3-5-23-18(10-16)2-1-8-27-23/h1-6,8,10,12-15,28H,7,9,11H2. The molecule has 0 bridgehead atoms. The lowest BCUT2D eigenvalue weighted by Crippen LogP contribution is -1.98. The van der Waals surface area contributed by atoms with Crippen LogP contribution < -0.4 is 5.32 Å². The van der Waals surface area contributed by atoms with Crippen LogP contribution in [0.2, 0.25) is 0 Å². The minimum absolute atomic E-state index is 0.305. The van der Waals surface area contributed by atoms with E-state index in [0.29, 0.717) is 12.1 Å². The molecule has 1 aliphatic rings. The highest BCUT2D eigenvalue weighted by Gasteiger charge is 2.14. The van der Waals surface area contributed by atoms with Crippen LogP contribution in [0.25, 0.3) is 27.7 Å². The third-order valence-corrected chi connectivity index (χ3v) is 5.84. The molecule has 6 rings (SSSR count). The SMILES string of the molecule is Fc1cc(-c2ccc3c(c2)CCN3)cn2c(Cc3ccc4ncccc4c3)cnc12. The molecule has 0 spiro atoms. The topological polar surface area (TPSA) is 42.2 Å². The molecule has 0 unspecified atom stereocenters. The van der Waals surface area contributed by atoms with Crippen LogP contribution in [0, 0.1) is 5.82 Å². The van der Waals surface area contributed by atoms with E-state index in [-0.39, 0.29) is 5.82 Å². The van der Waals surface area contributed by atoms with Crippen LogP contribution in [0.15, 0.2) is 73.2 Å². The van der Waals surface area contributed by atoms with E-state index in [4.69, 9.17) is 0 Å². The van der Waals surface area contributed by atoms with Crippen LogP contribution in [-0.4, -0.2) is 20.9 Å². The number of pyridine rings is 2. The predicted octanol–water partition coefficient (Wildman–Crippen LogP) is 5.25. The van der Waals surface area contributed by atoms with Crippen molar-refractivity contribution in [2.75, 3.05) is 11.9 Å². The molecule has 0 atom stereocenters. The van der Waals surface area contributed by atoms with Gasteiger partial charge in [0.05, 0.1) is 5.52 Å². The van der Waals surface area contributed by atoms with Crippen molar-refractivity contribution in [1.82, 2.24) is 14.4 Å². The number of nitrogens with one attached hydrogen (secondary N) is 1. The number of hydrogen-bond acceptors (Lipinski definition) is 3. The molecule has 30 heavy (non-hydrogen) atoms. The van der Waals surface area contributed by atoms with E-state index in [9.17, 15) is 4.39 Å². The number of nitrogens with zero attached hydrogens (tertiary/aromatic N) is 3. The molecule has 2 aromatic carbocycles. The van der Waals surface area contributed by atoms with Gasteiger partial charge in [-0.25, -0.2) is 9.37 Å². The molecule has 0 saturated heterocycles. The maximum atomic E-state index is 14.9. The lowest BCUT2D eigenvalue weighted by atomic mass is 10.0. The zero-order valence-electron chi connectivity index (χ0n) is 16.3. The molecule has 1 aliphatic heterocycles. The van der Waals surface area contributed by atoms with Crippen LogP contribution in [0.1, 0.15) is 16.8 Å². The molecule has 5 aromatic rings. The fourth-order valence-corrected chi connectivity index (χ4v) is 4.31. The highest BCUT2D eigenvalue weighted by atomic mass is 19.1. The van der Waals surface area contributed by atoms with Crippen molar-refractivity contribution in [1.29, 1.82) is 0 Å². The summed E-state index contributed by atoms with van der Waals surface area (Å²) in [5.74, 6) is -0.305. The molecule has 4 nitrogen and oxygen atoms in total. The van der Waals surface area contributed by atoms with Crippen LogP contribution in [-0.2, 0) is 12.8 Å². The van der Waals surface area contributed by atoms with Gasteiger partial charge >= 0.3 is 0 Å². The monoisotopic (exact) mass is 394 g/mol. The molecule has 1 N–H and O–H groups in total. The Labute approximate surface area is 173 Å². The molecule has 0 saturated carbocycles. The summed E-state index contributed by atoms with van der Waals surface area (Å²) in [4.78, 5) is 8.71. The zero-order chi connectivity index (χ0) is 20.1. The highest BCUT2D eigenvalue weighted by Crippen LogP contribution is 2.30. The predicted molar refractivity (Wildman–Crippen MR) is 117 cm³/mol. The first-order valence-electron chi connectivity index (χ1n) is 10.1. The summed E-state index contributed by atoms with van der Waals surface area (Å²) in [5, 5.41) is 4.47. The van der Waals surface area contributed by atoms with Crippen LogP contribution in [0.3, 0.4) is 0 Å². The Balaban J connectivity index is 1.42. The first kappa shape index (κ1) is 17.2. The van der Waals surface area contributed by atoms with Gasteiger partial charge in [0.15, 0.2) is 11.5 Å². The first-order valence-corrected chi connectivity index (χ1v) is 10.1. The smallest absolute Gasteiger partial charge is 0.173 e. The zero-order valence-corrected chi connectivity index (χ0v) is 16.3. The van der Waals surface area contributed by atoms with E-state index in [0.717, 1.165) is 46.3 Å². The molecule has 5 heteroatoms. The number of benzene rings is 2. The third kappa shape index (κ3) is 2.82. The van der Waals surface area contributed by atoms with Gasteiger partial charge in [-0.05, 0) is 59.5 Å². The molecule has 0 aliphatic carbocycles. The van der Waals surface area contributed by atoms with E-state index >= 15 is 0 Å². The first-order chi connectivity index (χ1) is 14.7. The number of hydrogen-bond donors (Lipinski definition) is 1. The van der Waals surface area contributed by atoms with Crippen molar-refractivity contribution in [2.24, 2.45) is 0 Å². The van der Waals surface area contributed by atoms with Gasteiger partial charge in [0.25, 0.3) is 0 Å². The second-order valence-corrected chi connectivity index (χ2v) is 7.78. The Bertz CT molecular complexity index is 1420. The number of aromatic nitrogens is 3. The Morgan fingerprint density at radius 3 is 2.93 bits per heavy atom. The molecular formula is C25H19FN4. The number of halogens is 1. The largest absolute Gasteiger partial charge is 0.384 e. The van der Waals surface area contributed by atoms with E-state index < -0.39 is 0 Å². The Hall–Kier alpha value is -3.73. The van der Waals surface area contributed by atoms with Crippen molar-refractivity contribution in [3.05, 3.63) is 95.8 Å². The van der Waals surface area contributed by atoms with E-state index in [2.05, 4.69) is 45.6 Å². The van der Waals surface area contributed by atoms with Crippen molar-refractivity contribution >= 4 is 22.2 Å². The number of rotatable bonds is 3. The number of imidazole rings is 1. The molecule has 3 aromatic heterocycles. The van der Waals surface area contributed by atoms with Gasteiger partial charge in [0.1, 0.15) is 0 Å². The summed E-state index contributed by atoms with van der Waals surface area (Å²) in [6, 6.07) is 18.1. The van der Waals surface area contributed by atoms with E-state index in [1.807, 2.05) is 28.8 Å². The van der Waals surface area contributed by atoms with Gasteiger partial charge < -0.3 is 9.72 Å². The fourth-order valence-electron chi connectivity index (χ4n) is 4.31. The molecule has 146 valence electrons. The van der Waals surface area contributed by atoms with Gasteiger partial charge in [-0.3, -0.25) is 4.98 Å². The van der Waals surface area contributed by atoms with Crippen molar-refractivity contribution in [3.8, 4) is 11.1 Å². The minimum Gasteiger partial charge on any atom is -0.384 e. The van der Waals surface area contributed by atoms with Crippen molar-refractivity contribution in [3.63, 3.8) is 0 Å². The summed E-state index contributed by atoms with van der Waals surface area (Å²) in [6.07, 6.45) is 7.23. The fraction of sp³-hybridized carbons (Fsp3) is 0.120. The maximum absolute atomic E-state index is 14.9. The lowest BCUT2D eigenvalue weighted by Gasteiger charge is -2.09. The van der Waals surface area contributed by atoms with Crippen LogP contribution in [0.5, 0.6) is 0 Å². The van der Waals surface area contributed by atoms with Gasteiger partial charge in [-0.2, -0.15) is 0 Å². The van der Waals surface area contributed by atoms with Gasteiger partial charge in [0.2, 0.25) is 0 Å². The Morgan fingerprint density at radius 2 is 1.97 bits per heavy atom.